The van der Waals surface area contributed by atoms with E-state index in [2.05, 4.69) is 20.1 Å². The number of hydrogen-bond acceptors (Lipinski definition) is 8. The Kier molecular flexibility index (Phi) is 7.66. The molecule has 1 N–H and O–H groups in total. The highest BCUT2D eigenvalue weighted by molar-refractivity contribution is 5.78. The van der Waals surface area contributed by atoms with Crippen molar-refractivity contribution in [3.63, 3.8) is 0 Å². The average Bonchev–Trinajstić information content (AvgIpc) is 3.37. The van der Waals surface area contributed by atoms with Crippen molar-refractivity contribution in [3.05, 3.63) is 36.2 Å². The average molecular weight is 528 g/mol. The first-order valence-corrected chi connectivity index (χ1v) is 13.7. The number of alkyl halides is 2. The Bertz CT molecular complexity index is 1220. The molecule has 9 nitrogen and oxygen atoms in total. The Labute approximate surface area is 221 Å². The van der Waals surface area contributed by atoms with Crippen molar-refractivity contribution in [3.8, 4) is 5.82 Å². The van der Waals surface area contributed by atoms with Gasteiger partial charge >= 0.3 is 0 Å². The number of halogens is 2. The van der Waals surface area contributed by atoms with Crippen LogP contribution in [0.5, 0.6) is 0 Å². The molecule has 1 saturated carbocycles. The maximum atomic E-state index is 14.1. The van der Waals surface area contributed by atoms with Crippen LogP contribution in [0, 0.1) is 5.92 Å². The summed E-state index contributed by atoms with van der Waals surface area (Å²) < 4.78 is 40.7. The largest absolute Gasteiger partial charge is 0.379 e. The maximum Gasteiger partial charge on any atom is 0.296 e. The van der Waals surface area contributed by atoms with Crippen LogP contribution in [0.1, 0.15) is 37.9 Å². The molecule has 4 heterocycles. The predicted octanol–water partition coefficient (Wildman–Crippen LogP) is 3.89. The van der Waals surface area contributed by atoms with Gasteiger partial charge in [-0.15, -0.1) is 0 Å². The van der Waals surface area contributed by atoms with Crippen molar-refractivity contribution in [1.29, 1.82) is 0 Å². The summed E-state index contributed by atoms with van der Waals surface area (Å²) in [5.41, 5.74) is 1.11. The summed E-state index contributed by atoms with van der Waals surface area (Å²) in [5, 5.41) is 3.45. The molecule has 3 fully saturated rings. The molecular formula is C27H35F2N7O2. The van der Waals surface area contributed by atoms with Gasteiger partial charge in [-0.2, -0.15) is 9.97 Å². The third kappa shape index (κ3) is 5.45. The lowest BCUT2D eigenvalue weighted by molar-refractivity contribution is 0.00539. The van der Waals surface area contributed by atoms with Crippen molar-refractivity contribution in [1.82, 2.24) is 24.4 Å². The Hall–Kier alpha value is -2.89. The minimum Gasteiger partial charge on any atom is -0.379 e. The first kappa shape index (κ1) is 25.4. The molecule has 0 unspecified atom stereocenters. The summed E-state index contributed by atoms with van der Waals surface area (Å²) in [6.45, 7) is 7.07. The summed E-state index contributed by atoms with van der Waals surface area (Å²) >= 11 is 0. The first-order chi connectivity index (χ1) is 18.7. The molecule has 3 aliphatic rings. The highest BCUT2D eigenvalue weighted by Gasteiger charge is 2.27. The quantitative estimate of drug-likeness (QED) is 0.496. The van der Waals surface area contributed by atoms with Gasteiger partial charge in [0.05, 0.1) is 37.5 Å². The number of aromatic nitrogens is 4. The number of morpholine rings is 2. The van der Waals surface area contributed by atoms with E-state index >= 15 is 0 Å². The molecule has 204 valence electrons. The number of rotatable bonds is 7. The molecule has 38 heavy (non-hydrogen) atoms. The SMILES string of the molecule is FC(F)c1nc2ccccc2n1-c1cc(N2CCOCC2)nc(NCC2CCC(N3CCOCC3)CC2)n1. The van der Waals surface area contributed by atoms with Gasteiger partial charge in [-0.1, -0.05) is 12.1 Å². The highest BCUT2D eigenvalue weighted by atomic mass is 19.3. The van der Waals surface area contributed by atoms with Gasteiger partial charge < -0.3 is 19.7 Å². The van der Waals surface area contributed by atoms with Crippen LogP contribution in [0.3, 0.4) is 0 Å². The third-order valence-corrected chi connectivity index (χ3v) is 7.97. The first-order valence-electron chi connectivity index (χ1n) is 13.7. The molecule has 2 saturated heterocycles. The zero-order valence-electron chi connectivity index (χ0n) is 21.6. The molecule has 2 aliphatic heterocycles. The number of para-hydroxylation sites is 2. The Morgan fingerprint density at radius 2 is 1.55 bits per heavy atom. The molecule has 6 rings (SSSR count). The van der Waals surface area contributed by atoms with Crippen LogP contribution in [-0.2, 0) is 9.47 Å². The highest BCUT2D eigenvalue weighted by Crippen LogP contribution is 2.31. The van der Waals surface area contributed by atoms with Crippen LogP contribution < -0.4 is 10.2 Å². The maximum absolute atomic E-state index is 14.1. The van der Waals surface area contributed by atoms with Crippen molar-refractivity contribution < 1.29 is 18.3 Å². The fourth-order valence-corrected chi connectivity index (χ4v) is 5.89. The van der Waals surface area contributed by atoms with Gasteiger partial charge in [-0.3, -0.25) is 9.47 Å². The second-order valence-electron chi connectivity index (χ2n) is 10.3. The lowest BCUT2D eigenvalue weighted by Gasteiger charge is -2.38. The van der Waals surface area contributed by atoms with Gasteiger partial charge in [0.15, 0.2) is 5.82 Å². The Morgan fingerprint density at radius 3 is 2.29 bits per heavy atom. The smallest absolute Gasteiger partial charge is 0.296 e. The van der Waals surface area contributed by atoms with Gasteiger partial charge in [0.2, 0.25) is 5.95 Å². The summed E-state index contributed by atoms with van der Waals surface area (Å²) in [7, 11) is 0. The number of benzene rings is 1. The molecule has 2 aromatic heterocycles. The van der Waals surface area contributed by atoms with Crippen LogP contribution >= 0.6 is 0 Å². The summed E-state index contributed by atoms with van der Waals surface area (Å²) in [6, 6.07) is 9.59. The van der Waals surface area contributed by atoms with Crippen molar-refractivity contribution in [2.75, 3.05) is 69.4 Å². The summed E-state index contributed by atoms with van der Waals surface area (Å²) in [6.07, 6.45) is 1.93. The van der Waals surface area contributed by atoms with Crippen molar-refractivity contribution >= 4 is 22.8 Å². The Balaban J connectivity index is 1.24. The lowest BCUT2D eigenvalue weighted by Crippen LogP contribution is -2.45. The molecular weight excluding hydrogens is 492 g/mol. The van der Waals surface area contributed by atoms with E-state index in [4.69, 9.17) is 19.4 Å². The van der Waals surface area contributed by atoms with Gasteiger partial charge in [0.1, 0.15) is 11.6 Å². The van der Waals surface area contributed by atoms with Gasteiger partial charge in [-0.25, -0.2) is 13.8 Å². The number of ether oxygens (including phenoxy) is 2. The molecule has 3 aromatic rings. The third-order valence-electron chi connectivity index (χ3n) is 7.97. The van der Waals surface area contributed by atoms with E-state index in [9.17, 15) is 8.78 Å². The van der Waals surface area contributed by atoms with Crippen LogP contribution in [0.4, 0.5) is 20.5 Å². The van der Waals surface area contributed by atoms with Gasteiger partial charge in [-0.05, 0) is 43.7 Å². The topological polar surface area (TPSA) is 80.6 Å². The van der Waals surface area contributed by atoms with Crippen LogP contribution in [0.2, 0.25) is 0 Å². The zero-order valence-corrected chi connectivity index (χ0v) is 21.6. The second-order valence-corrected chi connectivity index (χ2v) is 10.3. The number of nitrogens with one attached hydrogen (secondary N) is 1. The molecule has 0 radical (unpaired) electrons. The molecule has 0 spiro atoms. The van der Waals surface area contributed by atoms with Crippen molar-refractivity contribution in [2.45, 2.75) is 38.2 Å². The van der Waals surface area contributed by atoms with Gasteiger partial charge in [0.25, 0.3) is 6.43 Å². The number of anilines is 2. The monoisotopic (exact) mass is 527 g/mol. The molecule has 1 aliphatic carbocycles. The minimum absolute atomic E-state index is 0.315. The summed E-state index contributed by atoms with van der Waals surface area (Å²) in [4.78, 5) is 18.4. The fourth-order valence-electron chi connectivity index (χ4n) is 5.89. The van der Waals surface area contributed by atoms with Crippen molar-refractivity contribution in [2.24, 2.45) is 5.92 Å². The van der Waals surface area contributed by atoms with Crippen LogP contribution in [-0.4, -0.2) is 89.6 Å². The standard InChI is InChI=1S/C27H35F2N7O2/c28-25(29)26-31-21-3-1-2-4-22(21)36(26)24-17-23(35-11-15-38-16-12-35)32-27(33-24)30-18-19-5-7-20(8-6-19)34-9-13-37-14-10-34/h1-4,17,19-20,25H,5-16,18H2,(H,30,32,33). The molecule has 0 bridgehead atoms. The van der Waals surface area contributed by atoms with E-state index in [1.807, 2.05) is 6.07 Å². The number of nitrogens with zero attached hydrogens (tertiary/aromatic N) is 6. The van der Waals surface area contributed by atoms with Crippen LogP contribution in [0.25, 0.3) is 16.9 Å². The normalized spacial score (nSPS) is 23.3. The van der Waals surface area contributed by atoms with E-state index in [0.717, 1.165) is 45.7 Å². The van der Waals surface area contributed by atoms with E-state index < -0.39 is 6.43 Å². The zero-order chi connectivity index (χ0) is 25.9. The lowest BCUT2D eigenvalue weighted by atomic mass is 9.85. The molecule has 11 heteroatoms. The number of hydrogen-bond donors (Lipinski definition) is 1. The molecule has 0 atom stereocenters. The van der Waals surface area contributed by atoms with E-state index in [-0.39, 0.29) is 5.82 Å². The molecule has 0 amide bonds. The fraction of sp³-hybridized carbons (Fsp3) is 0.593. The van der Waals surface area contributed by atoms with E-state index in [1.165, 1.54) is 17.4 Å². The number of fused-ring (bicyclic) bond motifs is 1. The predicted molar refractivity (Wildman–Crippen MR) is 141 cm³/mol. The van der Waals surface area contributed by atoms with Crippen LogP contribution in [0.15, 0.2) is 30.3 Å². The summed E-state index contributed by atoms with van der Waals surface area (Å²) in [5.74, 6) is 1.76. The van der Waals surface area contributed by atoms with Gasteiger partial charge in [0, 0.05) is 44.8 Å². The Morgan fingerprint density at radius 1 is 0.868 bits per heavy atom. The second kappa shape index (κ2) is 11.5. The van der Waals surface area contributed by atoms with E-state index in [1.54, 1.807) is 24.3 Å². The minimum atomic E-state index is -2.73. The molecule has 1 aromatic carbocycles. The van der Waals surface area contributed by atoms with E-state index in [0.29, 0.717) is 66.9 Å². The number of imidazole rings is 1.